The maximum absolute atomic E-state index is 10.9. The van der Waals surface area contributed by atoms with E-state index >= 15 is 0 Å². The van der Waals surface area contributed by atoms with Gasteiger partial charge in [0.05, 0.1) is 4.92 Å². The molecule has 1 aliphatic heterocycles. The molecule has 104 valence electrons. The molecule has 6 nitrogen and oxygen atoms in total. The van der Waals surface area contributed by atoms with E-state index < -0.39 is 0 Å². The number of nitro groups is 1. The van der Waals surface area contributed by atoms with Crippen LogP contribution in [0.4, 0.5) is 11.5 Å². The molecule has 0 aliphatic carbocycles. The highest BCUT2D eigenvalue weighted by Gasteiger charge is 2.19. The fourth-order valence-corrected chi connectivity index (χ4v) is 2.33. The minimum atomic E-state index is -0.385. The van der Waals surface area contributed by atoms with Gasteiger partial charge in [0.2, 0.25) is 5.82 Å². The van der Waals surface area contributed by atoms with Crippen LogP contribution in [0.15, 0.2) is 12.1 Å². The Morgan fingerprint density at radius 2 is 2.16 bits per heavy atom. The largest absolute Gasteiger partial charge is 0.364 e. The van der Waals surface area contributed by atoms with Gasteiger partial charge in [-0.25, -0.2) is 4.98 Å². The Kier molecular flexibility index (Phi) is 4.31. The van der Waals surface area contributed by atoms with Gasteiger partial charge in [-0.2, -0.15) is 0 Å². The van der Waals surface area contributed by atoms with Gasteiger partial charge in [-0.05, 0) is 51.9 Å². The van der Waals surface area contributed by atoms with Crippen LogP contribution in [-0.2, 0) is 0 Å². The van der Waals surface area contributed by atoms with Gasteiger partial charge >= 0.3 is 5.69 Å². The third kappa shape index (κ3) is 3.64. The first-order chi connectivity index (χ1) is 9.06. The average molecular weight is 264 g/mol. The molecule has 0 unspecified atom stereocenters. The van der Waals surface area contributed by atoms with Crippen LogP contribution in [0.2, 0.25) is 0 Å². The van der Waals surface area contributed by atoms with Gasteiger partial charge in [-0.1, -0.05) is 0 Å². The second-order valence-corrected chi connectivity index (χ2v) is 5.21. The molecule has 1 aromatic heterocycles. The molecule has 0 saturated carbocycles. The molecular formula is C13H20N4O2. The number of nitrogens with zero attached hydrogens (tertiary/aromatic N) is 3. The first-order valence-corrected chi connectivity index (χ1v) is 6.60. The molecule has 1 aromatic rings. The van der Waals surface area contributed by atoms with Crippen LogP contribution in [0.1, 0.15) is 18.5 Å². The van der Waals surface area contributed by atoms with Crippen molar-refractivity contribution < 1.29 is 4.92 Å². The molecule has 0 bridgehead atoms. The van der Waals surface area contributed by atoms with E-state index in [1.54, 1.807) is 6.07 Å². The van der Waals surface area contributed by atoms with E-state index in [1.165, 1.54) is 6.07 Å². The van der Waals surface area contributed by atoms with E-state index in [0.29, 0.717) is 11.7 Å². The highest BCUT2D eigenvalue weighted by molar-refractivity contribution is 5.56. The smallest absolute Gasteiger partial charge is 0.311 e. The van der Waals surface area contributed by atoms with Crippen molar-refractivity contribution in [2.75, 3.05) is 32.0 Å². The zero-order valence-corrected chi connectivity index (χ0v) is 11.4. The number of anilines is 1. The molecular weight excluding hydrogens is 244 g/mol. The van der Waals surface area contributed by atoms with Crippen molar-refractivity contribution in [3.05, 3.63) is 27.9 Å². The molecule has 2 heterocycles. The molecule has 0 spiro atoms. The van der Waals surface area contributed by atoms with Crippen LogP contribution < -0.4 is 5.32 Å². The van der Waals surface area contributed by atoms with E-state index in [9.17, 15) is 10.1 Å². The third-order valence-corrected chi connectivity index (χ3v) is 3.61. The van der Waals surface area contributed by atoms with Crippen LogP contribution in [0.3, 0.4) is 0 Å². The van der Waals surface area contributed by atoms with Gasteiger partial charge < -0.3 is 10.2 Å². The molecule has 1 saturated heterocycles. The molecule has 0 aromatic carbocycles. The lowest BCUT2D eigenvalue weighted by atomic mass is 9.97. The summed E-state index contributed by atoms with van der Waals surface area (Å²) in [5.74, 6) is 0.960. The highest BCUT2D eigenvalue weighted by atomic mass is 16.6. The average Bonchev–Trinajstić information content (AvgIpc) is 2.38. The number of likely N-dealkylation sites (tertiary alicyclic amines) is 1. The second-order valence-electron chi connectivity index (χ2n) is 5.21. The molecule has 1 aliphatic rings. The Hall–Kier alpha value is -1.69. The van der Waals surface area contributed by atoms with E-state index in [-0.39, 0.29) is 10.6 Å². The lowest BCUT2D eigenvalue weighted by Gasteiger charge is -2.29. The van der Waals surface area contributed by atoms with E-state index in [4.69, 9.17) is 0 Å². The predicted octanol–water partition coefficient (Wildman–Crippen LogP) is 2.05. The Balaban J connectivity index is 1.98. The van der Waals surface area contributed by atoms with E-state index in [2.05, 4.69) is 22.2 Å². The van der Waals surface area contributed by atoms with Gasteiger partial charge in [0.1, 0.15) is 0 Å². The zero-order chi connectivity index (χ0) is 13.8. The third-order valence-electron chi connectivity index (χ3n) is 3.61. The minimum absolute atomic E-state index is 0.0542. The quantitative estimate of drug-likeness (QED) is 0.665. The van der Waals surface area contributed by atoms with Crippen molar-refractivity contribution in [2.24, 2.45) is 5.92 Å². The standard InChI is InChI=1S/C13H20N4O2/c1-10-3-4-12(17(18)19)13(15-10)14-9-11-5-7-16(2)8-6-11/h3-4,11H,5-9H2,1-2H3,(H,14,15). The van der Waals surface area contributed by atoms with Gasteiger partial charge in [0, 0.05) is 18.3 Å². The Bertz CT molecular complexity index is 456. The molecule has 2 rings (SSSR count). The minimum Gasteiger partial charge on any atom is -0.364 e. The lowest BCUT2D eigenvalue weighted by molar-refractivity contribution is -0.384. The molecule has 0 radical (unpaired) electrons. The summed E-state index contributed by atoms with van der Waals surface area (Å²) in [4.78, 5) is 17.1. The maximum atomic E-state index is 10.9. The first-order valence-electron chi connectivity index (χ1n) is 6.60. The molecule has 19 heavy (non-hydrogen) atoms. The van der Waals surface area contributed by atoms with Crippen LogP contribution in [0.25, 0.3) is 0 Å². The van der Waals surface area contributed by atoms with Crippen molar-refractivity contribution in [3.63, 3.8) is 0 Å². The van der Waals surface area contributed by atoms with Crippen LogP contribution >= 0.6 is 0 Å². The topological polar surface area (TPSA) is 71.3 Å². The summed E-state index contributed by atoms with van der Waals surface area (Å²) in [5.41, 5.74) is 0.843. The van der Waals surface area contributed by atoms with E-state index in [0.717, 1.165) is 38.2 Å². The molecule has 1 N–H and O–H groups in total. The van der Waals surface area contributed by atoms with Crippen LogP contribution in [0.5, 0.6) is 0 Å². The first kappa shape index (κ1) is 13.7. The van der Waals surface area contributed by atoms with Crippen molar-refractivity contribution in [3.8, 4) is 0 Å². The number of rotatable bonds is 4. The monoisotopic (exact) mass is 264 g/mol. The lowest BCUT2D eigenvalue weighted by Crippen LogP contribution is -2.33. The molecule has 0 amide bonds. The summed E-state index contributed by atoms with van der Waals surface area (Å²) < 4.78 is 0. The predicted molar refractivity (Wildman–Crippen MR) is 74.3 cm³/mol. The van der Waals surface area contributed by atoms with Crippen molar-refractivity contribution in [1.82, 2.24) is 9.88 Å². The van der Waals surface area contributed by atoms with Gasteiger partial charge in [-0.15, -0.1) is 0 Å². The number of aromatic nitrogens is 1. The fourth-order valence-electron chi connectivity index (χ4n) is 2.33. The zero-order valence-electron chi connectivity index (χ0n) is 11.4. The summed E-state index contributed by atoms with van der Waals surface area (Å²) in [6.45, 7) is 4.78. The number of piperidine rings is 1. The molecule has 6 heteroatoms. The highest BCUT2D eigenvalue weighted by Crippen LogP contribution is 2.23. The number of pyridine rings is 1. The SMILES string of the molecule is Cc1ccc([N+](=O)[O-])c(NCC2CCN(C)CC2)n1. The maximum Gasteiger partial charge on any atom is 0.311 e. The Morgan fingerprint density at radius 3 is 2.79 bits per heavy atom. The number of hydrogen-bond acceptors (Lipinski definition) is 5. The van der Waals surface area contributed by atoms with Gasteiger partial charge in [0.25, 0.3) is 0 Å². The molecule has 0 atom stereocenters. The number of nitrogens with one attached hydrogen (secondary N) is 1. The summed E-state index contributed by atoms with van der Waals surface area (Å²) in [5, 5.41) is 14.1. The summed E-state index contributed by atoms with van der Waals surface area (Å²) in [6.07, 6.45) is 2.26. The summed E-state index contributed by atoms with van der Waals surface area (Å²) in [6, 6.07) is 3.18. The van der Waals surface area contributed by atoms with Crippen LogP contribution in [-0.4, -0.2) is 41.5 Å². The van der Waals surface area contributed by atoms with Crippen molar-refractivity contribution in [1.29, 1.82) is 0 Å². The number of aryl methyl sites for hydroxylation is 1. The Morgan fingerprint density at radius 1 is 1.47 bits per heavy atom. The fraction of sp³-hybridized carbons (Fsp3) is 0.615. The summed E-state index contributed by atoms with van der Waals surface area (Å²) in [7, 11) is 2.12. The van der Waals surface area contributed by atoms with Crippen LogP contribution in [0, 0.1) is 23.0 Å². The van der Waals surface area contributed by atoms with Gasteiger partial charge in [-0.3, -0.25) is 10.1 Å². The van der Waals surface area contributed by atoms with Crippen molar-refractivity contribution >= 4 is 11.5 Å². The van der Waals surface area contributed by atoms with Crippen molar-refractivity contribution in [2.45, 2.75) is 19.8 Å². The van der Waals surface area contributed by atoms with Gasteiger partial charge in [0.15, 0.2) is 0 Å². The summed E-state index contributed by atoms with van der Waals surface area (Å²) >= 11 is 0. The van der Waals surface area contributed by atoms with E-state index in [1.807, 2.05) is 6.92 Å². The second kappa shape index (κ2) is 5.97. The molecule has 1 fully saturated rings. The Labute approximate surface area is 113 Å². The normalized spacial score (nSPS) is 17.4. The number of hydrogen-bond donors (Lipinski definition) is 1.